The summed E-state index contributed by atoms with van der Waals surface area (Å²) in [5.74, 6) is 0.254. The zero-order chi connectivity index (χ0) is 9.09. The maximum atomic E-state index is 11.6. The van der Waals surface area contributed by atoms with Crippen LogP contribution in [0.2, 0.25) is 0 Å². The van der Waals surface area contributed by atoms with E-state index >= 15 is 0 Å². The number of hydrogen-bond acceptors (Lipinski definition) is 2. The Morgan fingerprint density at radius 3 is 2.58 bits per heavy atom. The molecule has 3 nitrogen and oxygen atoms in total. The Hall–Kier alpha value is -0.860. The maximum Gasteiger partial charge on any atom is 0.235 e. The summed E-state index contributed by atoms with van der Waals surface area (Å²) in [6.07, 6.45) is 0.879. The third kappa shape index (κ3) is 0.713. The van der Waals surface area contributed by atoms with Crippen molar-refractivity contribution < 1.29 is 9.59 Å². The van der Waals surface area contributed by atoms with Gasteiger partial charge in [0.2, 0.25) is 5.91 Å². The first-order chi connectivity index (χ1) is 5.46. The van der Waals surface area contributed by atoms with Crippen molar-refractivity contribution in [2.75, 3.05) is 7.05 Å². The number of carbonyl (C=O) groups is 2. The van der Waals surface area contributed by atoms with Gasteiger partial charge in [0, 0.05) is 19.0 Å². The largest absolute Gasteiger partial charge is 0.341 e. The van der Waals surface area contributed by atoms with Gasteiger partial charge in [-0.05, 0) is 20.3 Å². The Bertz CT molecular complexity index is 270. The van der Waals surface area contributed by atoms with E-state index in [4.69, 9.17) is 0 Å². The fourth-order valence-corrected chi connectivity index (χ4v) is 2.05. The number of piperidine rings is 1. The van der Waals surface area contributed by atoms with Gasteiger partial charge in [-0.3, -0.25) is 9.59 Å². The molecule has 2 unspecified atom stereocenters. The summed E-state index contributed by atoms with van der Waals surface area (Å²) < 4.78 is 0. The molecule has 0 bridgehead atoms. The van der Waals surface area contributed by atoms with Gasteiger partial charge in [-0.15, -0.1) is 0 Å². The van der Waals surface area contributed by atoms with Crippen molar-refractivity contribution in [1.29, 1.82) is 0 Å². The molecule has 3 heteroatoms. The number of nitrogens with zero attached hydrogens (tertiary/aromatic N) is 1. The van der Waals surface area contributed by atoms with Gasteiger partial charge >= 0.3 is 0 Å². The van der Waals surface area contributed by atoms with E-state index in [1.54, 1.807) is 25.8 Å². The second-order valence-corrected chi connectivity index (χ2v) is 4.31. The molecule has 0 aromatic rings. The SMILES string of the molecule is CN1C(=O)C(C)(C)C(=O)C2CC21. The molecule has 2 aliphatic rings. The number of rotatable bonds is 0. The second-order valence-electron chi connectivity index (χ2n) is 4.31. The number of fused-ring (bicyclic) bond motifs is 1. The Balaban J connectivity index is 2.36. The van der Waals surface area contributed by atoms with Crippen molar-refractivity contribution in [2.24, 2.45) is 11.3 Å². The zero-order valence-electron chi connectivity index (χ0n) is 7.63. The van der Waals surface area contributed by atoms with Crippen molar-refractivity contribution >= 4 is 11.7 Å². The lowest BCUT2D eigenvalue weighted by atomic mass is 9.81. The highest BCUT2D eigenvalue weighted by Gasteiger charge is 2.59. The molecule has 1 aliphatic heterocycles. The van der Waals surface area contributed by atoms with Crippen LogP contribution in [0.4, 0.5) is 0 Å². The highest BCUT2D eigenvalue weighted by atomic mass is 16.2. The van der Waals surface area contributed by atoms with E-state index in [-0.39, 0.29) is 23.7 Å². The standard InChI is InChI=1S/C9H13NO2/c1-9(2)7(11)5-4-6(5)10(3)8(9)12/h5-6H,4H2,1-3H3. The van der Waals surface area contributed by atoms with Gasteiger partial charge in [0.25, 0.3) is 0 Å². The summed E-state index contributed by atoms with van der Waals surface area (Å²) in [6, 6.07) is 0.220. The van der Waals surface area contributed by atoms with Crippen LogP contribution in [-0.2, 0) is 9.59 Å². The Labute approximate surface area is 71.7 Å². The minimum absolute atomic E-state index is 0.0220. The normalized spacial score (nSPS) is 38.1. The summed E-state index contributed by atoms with van der Waals surface area (Å²) in [6.45, 7) is 3.45. The smallest absolute Gasteiger partial charge is 0.235 e. The monoisotopic (exact) mass is 167 g/mol. The van der Waals surface area contributed by atoms with E-state index in [9.17, 15) is 9.59 Å². The van der Waals surface area contributed by atoms with Crippen LogP contribution in [0.25, 0.3) is 0 Å². The van der Waals surface area contributed by atoms with Crippen molar-refractivity contribution in [2.45, 2.75) is 26.3 Å². The van der Waals surface area contributed by atoms with E-state index in [1.807, 2.05) is 0 Å². The summed E-state index contributed by atoms with van der Waals surface area (Å²) in [7, 11) is 1.79. The minimum Gasteiger partial charge on any atom is -0.341 e. The lowest BCUT2D eigenvalue weighted by Gasteiger charge is -2.32. The van der Waals surface area contributed by atoms with Gasteiger partial charge in [0.1, 0.15) is 5.41 Å². The number of likely N-dealkylation sites (tertiary alicyclic amines) is 1. The van der Waals surface area contributed by atoms with Crippen LogP contribution in [0.5, 0.6) is 0 Å². The number of amides is 1. The van der Waals surface area contributed by atoms with E-state index in [1.165, 1.54) is 0 Å². The van der Waals surface area contributed by atoms with E-state index < -0.39 is 5.41 Å². The molecule has 0 radical (unpaired) electrons. The molecule has 1 saturated carbocycles. The predicted octanol–water partition coefficient (Wildman–Crippen LogP) is 0.442. The fraction of sp³-hybridized carbons (Fsp3) is 0.778. The van der Waals surface area contributed by atoms with Crippen LogP contribution in [-0.4, -0.2) is 29.7 Å². The molecule has 2 atom stereocenters. The van der Waals surface area contributed by atoms with Crippen LogP contribution < -0.4 is 0 Å². The van der Waals surface area contributed by atoms with Gasteiger partial charge < -0.3 is 4.90 Å². The summed E-state index contributed by atoms with van der Waals surface area (Å²) in [5, 5.41) is 0. The first-order valence-electron chi connectivity index (χ1n) is 4.28. The van der Waals surface area contributed by atoms with Crippen molar-refractivity contribution in [3.8, 4) is 0 Å². The number of carbonyl (C=O) groups excluding carboxylic acids is 2. The predicted molar refractivity (Wildman–Crippen MR) is 43.5 cm³/mol. The minimum atomic E-state index is -0.771. The maximum absolute atomic E-state index is 11.6. The second kappa shape index (κ2) is 1.90. The van der Waals surface area contributed by atoms with E-state index in [0.29, 0.717) is 0 Å². The van der Waals surface area contributed by atoms with Crippen molar-refractivity contribution in [3.63, 3.8) is 0 Å². The fourth-order valence-electron chi connectivity index (χ4n) is 2.05. The van der Waals surface area contributed by atoms with Crippen LogP contribution in [0.15, 0.2) is 0 Å². The average molecular weight is 167 g/mol. The Morgan fingerprint density at radius 1 is 1.42 bits per heavy atom. The molecular weight excluding hydrogens is 154 g/mol. The molecule has 2 rings (SSSR count). The molecule has 66 valence electrons. The molecule has 1 saturated heterocycles. The molecule has 0 N–H and O–H groups in total. The lowest BCUT2D eigenvalue weighted by Crippen LogP contribution is -2.50. The molecule has 0 aromatic carbocycles. The third-order valence-electron chi connectivity index (χ3n) is 3.06. The quantitative estimate of drug-likeness (QED) is 0.491. The summed E-state index contributed by atoms with van der Waals surface area (Å²) in [5.41, 5.74) is -0.771. The topological polar surface area (TPSA) is 37.4 Å². The number of Topliss-reactive ketones (excluding diaryl/α,β-unsaturated/α-hetero) is 1. The van der Waals surface area contributed by atoms with E-state index in [2.05, 4.69) is 0 Å². The van der Waals surface area contributed by atoms with Crippen LogP contribution in [0.1, 0.15) is 20.3 Å². The van der Waals surface area contributed by atoms with Crippen molar-refractivity contribution in [3.05, 3.63) is 0 Å². The molecule has 1 aliphatic carbocycles. The highest BCUT2D eigenvalue weighted by Crippen LogP contribution is 2.46. The number of ketones is 1. The van der Waals surface area contributed by atoms with Crippen molar-refractivity contribution in [1.82, 2.24) is 4.90 Å². The Morgan fingerprint density at radius 2 is 2.00 bits per heavy atom. The summed E-state index contributed by atoms with van der Waals surface area (Å²) in [4.78, 5) is 24.9. The third-order valence-corrected chi connectivity index (χ3v) is 3.06. The Kier molecular flexibility index (Phi) is 1.23. The van der Waals surface area contributed by atoms with Crippen LogP contribution in [0, 0.1) is 11.3 Å². The lowest BCUT2D eigenvalue weighted by molar-refractivity contribution is -0.151. The molecule has 2 fully saturated rings. The molecule has 1 heterocycles. The van der Waals surface area contributed by atoms with Crippen LogP contribution in [0.3, 0.4) is 0 Å². The number of hydrogen-bond donors (Lipinski definition) is 0. The van der Waals surface area contributed by atoms with Gasteiger partial charge in [-0.25, -0.2) is 0 Å². The van der Waals surface area contributed by atoms with Gasteiger partial charge in [0.15, 0.2) is 5.78 Å². The molecule has 0 aromatic heterocycles. The summed E-state index contributed by atoms with van der Waals surface area (Å²) >= 11 is 0. The highest BCUT2D eigenvalue weighted by molar-refractivity contribution is 6.10. The average Bonchev–Trinajstić information content (AvgIpc) is 2.77. The molecule has 12 heavy (non-hydrogen) atoms. The zero-order valence-corrected chi connectivity index (χ0v) is 7.63. The van der Waals surface area contributed by atoms with Crippen LogP contribution >= 0.6 is 0 Å². The van der Waals surface area contributed by atoms with E-state index in [0.717, 1.165) is 6.42 Å². The molecule has 1 amide bonds. The van der Waals surface area contributed by atoms with Gasteiger partial charge in [-0.1, -0.05) is 0 Å². The van der Waals surface area contributed by atoms with Gasteiger partial charge in [-0.2, -0.15) is 0 Å². The van der Waals surface area contributed by atoms with Gasteiger partial charge in [0.05, 0.1) is 0 Å². The molecular formula is C9H13NO2. The first kappa shape index (κ1) is 7.77. The first-order valence-corrected chi connectivity index (χ1v) is 4.28. The molecule has 0 spiro atoms.